The molecular weight excluding hydrogens is 504 g/mol. The van der Waals surface area contributed by atoms with Gasteiger partial charge < -0.3 is 0 Å². The van der Waals surface area contributed by atoms with Crippen LogP contribution in [0.1, 0.15) is 25.7 Å². The molecule has 2 saturated carbocycles. The Labute approximate surface area is 215 Å². The van der Waals surface area contributed by atoms with Crippen LogP contribution in [0.2, 0.25) is 0 Å². The summed E-state index contributed by atoms with van der Waals surface area (Å²) >= 11 is 0. The van der Waals surface area contributed by atoms with E-state index in [0.29, 0.717) is 17.2 Å². The quantitative estimate of drug-likeness (QED) is 0.251. The van der Waals surface area contributed by atoms with Gasteiger partial charge in [0.15, 0.2) is 9.84 Å². The van der Waals surface area contributed by atoms with Crippen LogP contribution in [-0.2, 0) is 9.84 Å². The van der Waals surface area contributed by atoms with Gasteiger partial charge in [-0.3, -0.25) is 10.4 Å². The maximum atomic E-state index is 13.0. The molecule has 3 aromatic rings. The number of alkyl halides is 4. The molecule has 5 rings (SSSR count). The Morgan fingerprint density at radius 1 is 0.838 bits per heavy atom. The highest BCUT2D eigenvalue weighted by molar-refractivity contribution is 7.90. The van der Waals surface area contributed by atoms with Crippen molar-refractivity contribution in [1.82, 2.24) is 0 Å². The lowest BCUT2D eigenvalue weighted by molar-refractivity contribution is -0.176. The summed E-state index contributed by atoms with van der Waals surface area (Å²) in [7, 11) is -3.21. The van der Waals surface area contributed by atoms with Crippen molar-refractivity contribution in [3.8, 4) is 0 Å². The molecule has 0 aromatic heterocycles. The number of hydrazine groups is 1. The lowest BCUT2D eigenvalue weighted by Crippen LogP contribution is -2.38. The molecule has 0 amide bonds. The third-order valence-electron chi connectivity index (χ3n) is 7.08. The molecule has 0 spiro atoms. The SMILES string of the molecule is CS(=O)(=O)c1ccc(N(Nc2ccccc2)c2ccccc2)cc1.FC(F)C(F)(F)C1CC2CCC1C2. The number of halogens is 4. The Hall–Kier alpha value is -3.07. The minimum atomic E-state index is -3.75. The highest BCUT2D eigenvalue weighted by Gasteiger charge is 2.56. The fourth-order valence-electron chi connectivity index (χ4n) is 5.22. The van der Waals surface area contributed by atoms with Gasteiger partial charge in [-0.25, -0.2) is 17.2 Å². The molecule has 198 valence electrons. The zero-order chi connectivity index (χ0) is 26.6. The summed E-state index contributed by atoms with van der Waals surface area (Å²) in [5, 5.41) is 1.92. The number of hydrogen-bond donors (Lipinski definition) is 1. The number of benzene rings is 3. The van der Waals surface area contributed by atoms with Crippen LogP contribution in [0.4, 0.5) is 34.6 Å². The number of sulfone groups is 1. The van der Waals surface area contributed by atoms with E-state index in [2.05, 4.69) is 5.43 Å². The lowest BCUT2D eigenvalue weighted by Gasteiger charge is -2.29. The van der Waals surface area contributed by atoms with Gasteiger partial charge in [-0.05, 0) is 79.6 Å². The number of rotatable bonds is 7. The van der Waals surface area contributed by atoms with Crippen LogP contribution >= 0.6 is 0 Å². The highest BCUT2D eigenvalue weighted by atomic mass is 32.2. The predicted molar refractivity (Wildman–Crippen MR) is 138 cm³/mol. The van der Waals surface area contributed by atoms with E-state index in [1.165, 1.54) is 6.26 Å². The van der Waals surface area contributed by atoms with Gasteiger partial charge in [0.1, 0.15) is 0 Å². The second-order valence-corrected chi connectivity index (χ2v) is 11.7. The Morgan fingerprint density at radius 3 is 1.89 bits per heavy atom. The van der Waals surface area contributed by atoms with Crippen molar-refractivity contribution >= 4 is 26.9 Å². The van der Waals surface area contributed by atoms with Crippen molar-refractivity contribution in [1.29, 1.82) is 0 Å². The van der Waals surface area contributed by atoms with E-state index in [1.54, 1.807) is 24.3 Å². The van der Waals surface area contributed by atoms with E-state index in [9.17, 15) is 26.0 Å². The first-order chi connectivity index (χ1) is 17.6. The molecule has 0 aliphatic heterocycles. The smallest absolute Gasteiger partial charge is 0.294 e. The first-order valence-electron chi connectivity index (χ1n) is 12.2. The number of nitrogens with one attached hydrogen (secondary N) is 1. The molecule has 4 nitrogen and oxygen atoms in total. The van der Waals surface area contributed by atoms with E-state index < -0.39 is 28.1 Å². The van der Waals surface area contributed by atoms with Gasteiger partial charge in [0.2, 0.25) is 0 Å². The first-order valence-corrected chi connectivity index (χ1v) is 14.1. The van der Waals surface area contributed by atoms with Crippen LogP contribution in [0, 0.1) is 17.8 Å². The standard InChI is InChI=1S/C19H18N2O2S.C9H12F4/c1-24(22,23)19-14-12-18(13-15-19)21(17-10-6-3-7-11-17)20-16-8-4-2-5-9-16;10-8(11)9(12,13)7-4-5-1-2-6(7)3-5/h2-15,20H,1H3;5-8H,1-4H2. The second kappa shape index (κ2) is 11.1. The van der Waals surface area contributed by atoms with Crippen molar-refractivity contribution in [2.75, 3.05) is 16.7 Å². The van der Waals surface area contributed by atoms with Crippen molar-refractivity contribution in [2.24, 2.45) is 17.8 Å². The molecule has 2 bridgehead atoms. The summed E-state index contributed by atoms with van der Waals surface area (Å²) in [6.45, 7) is 0. The lowest BCUT2D eigenvalue weighted by atomic mass is 9.84. The normalized spacial score (nSPS) is 20.9. The number of para-hydroxylation sites is 2. The molecule has 9 heteroatoms. The molecule has 2 fully saturated rings. The molecule has 3 unspecified atom stereocenters. The number of fused-ring (bicyclic) bond motifs is 2. The number of hydrogen-bond acceptors (Lipinski definition) is 4. The molecule has 0 saturated heterocycles. The predicted octanol–water partition coefficient (Wildman–Crippen LogP) is 7.58. The molecule has 37 heavy (non-hydrogen) atoms. The largest absolute Gasteiger partial charge is 0.310 e. The van der Waals surface area contributed by atoms with Crippen molar-refractivity contribution in [3.05, 3.63) is 84.9 Å². The summed E-state index contributed by atoms with van der Waals surface area (Å²) in [6.07, 6.45) is 0.448. The Balaban J connectivity index is 0.000000207. The Bertz CT molecular complexity index is 1260. The van der Waals surface area contributed by atoms with E-state index >= 15 is 0 Å². The summed E-state index contributed by atoms with van der Waals surface area (Å²) in [5.74, 6) is -4.65. The minimum Gasteiger partial charge on any atom is -0.294 e. The maximum Gasteiger partial charge on any atom is 0.310 e. The molecule has 2 aliphatic rings. The van der Waals surface area contributed by atoms with Crippen molar-refractivity contribution in [3.63, 3.8) is 0 Å². The van der Waals surface area contributed by atoms with Gasteiger partial charge in [0.05, 0.1) is 22.0 Å². The fourth-order valence-corrected chi connectivity index (χ4v) is 5.85. The van der Waals surface area contributed by atoms with Crippen molar-refractivity contribution in [2.45, 2.75) is 42.9 Å². The maximum absolute atomic E-state index is 13.0. The van der Waals surface area contributed by atoms with Crippen LogP contribution in [-0.4, -0.2) is 27.0 Å². The average molecular weight is 535 g/mol. The fraction of sp³-hybridized carbons (Fsp3) is 0.357. The second-order valence-electron chi connectivity index (χ2n) is 9.67. The van der Waals surface area contributed by atoms with Crippen LogP contribution in [0.5, 0.6) is 0 Å². The molecule has 0 radical (unpaired) electrons. The summed E-state index contributed by atoms with van der Waals surface area (Å²) in [4.78, 5) is 0.305. The van der Waals surface area contributed by atoms with Gasteiger partial charge in [0.25, 0.3) is 0 Å². The van der Waals surface area contributed by atoms with Gasteiger partial charge in [0, 0.05) is 12.2 Å². The molecular formula is C28H30F4N2O2S. The third-order valence-corrected chi connectivity index (χ3v) is 8.20. The van der Waals surface area contributed by atoms with Crippen LogP contribution in [0.25, 0.3) is 0 Å². The Kier molecular flexibility index (Phi) is 8.11. The summed E-state index contributed by atoms with van der Waals surface area (Å²) in [6, 6.07) is 26.5. The van der Waals surface area contributed by atoms with Crippen molar-refractivity contribution < 1.29 is 26.0 Å². The Morgan fingerprint density at radius 2 is 1.41 bits per heavy atom. The molecule has 0 heterocycles. The minimum absolute atomic E-state index is 0.144. The topological polar surface area (TPSA) is 49.4 Å². The summed E-state index contributed by atoms with van der Waals surface area (Å²) in [5.41, 5.74) is 6.09. The van der Waals surface area contributed by atoms with E-state index in [-0.39, 0.29) is 5.92 Å². The van der Waals surface area contributed by atoms with E-state index in [0.717, 1.165) is 36.3 Å². The monoisotopic (exact) mass is 534 g/mol. The zero-order valence-corrected chi connectivity index (χ0v) is 21.2. The van der Waals surface area contributed by atoms with E-state index in [4.69, 9.17) is 0 Å². The number of anilines is 3. The molecule has 3 aromatic carbocycles. The average Bonchev–Trinajstić information content (AvgIpc) is 3.53. The van der Waals surface area contributed by atoms with Crippen LogP contribution < -0.4 is 10.4 Å². The first kappa shape index (κ1) is 27.0. The zero-order valence-electron chi connectivity index (χ0n) is 20.4. The van der Waals surface area contributed by atoms with Gasteiger partial charge in [-0.2, -0.15) is 8.78 Å². The van der Waals surface area contributed by atoms with Crippen LogP contribution in [0.15, 0.2) is 89.8 Å². The number of nitrogens with zero attached hydrogens (tertiary/aromatic N) is 1. The molecule has 2 aliphatic carbocycles. The molecule has 3 atom stereocenters. The van der Waals surface area contributed by atoms with Gasteiger partial charge in [-0.15, -0.1) is 0 Å². The molecule has 1 N–H and O–H groups in total. The van der Waals surface area contributed by atoms with Gasteiger partial charge >= 0.3 is 12.3 Å². The van der Waals surface area contributed by atoms with Gasteiger partial charge in [-0.1, -0.05) is 42.8 Å². The third kappa shape index (κ3) is 6.44. The van der Waals surface area contributed by atoms with E-state index in [1.807, 2.05) is 65.7 Å². The highest BCUT2D eigenvalue weighted by Crippen LogP contribution is 2.54. The summed E-state index contributed by atoms with van der Waals surface area (Å²) < 4.78 is 73.3. The van der Waals surface area contributed by atoms with Crippen LogP contribution in [0.3, 0.4) is 0 Å².